The molecule has 0 amide bonds. The van der Waals surface area contributed by atoms with Crippen molar-refractivity contribution >= 4 is 28.4 Å². The van der Waals surface area contributed by atoms with Crippen molar-refractivity contribution in [2.75, 3.05) is 0 Å². The molecule has 0 aliphatic rings. The molecule has 1 atom stereocenters. The molecule has 1 unspecified atom stereocenters. The third-order valence-electron chi connectivity index (χ3n) is 4.89. The van der Waals surface area contributed by atoms with Gasteiger partial charge in [-0.15, -0.1) is 10.2 Å². The van der Waals surface area contributed by atoms with Crippen LogP contribution in [-0.2, 0) is 13.0 Å². The molecule has 152 valence electrons. The van der Waals surface area contributed by atoms with Gasteiger partial charge in [0.25, 0.3) is 5.56 Å². The first kappa shape index (κ1) is 19.6. The van der Waals surface area contributed by atoms with Crippen LogP contribution in [0.1, 0.15) is 57.0 Å². The summed E-state index contributed by atoms with van der Waals surface area (Å²) in [6.07, 6.45) is 3.81. The summed E-state index contributed by atoms with van der Waals surface area (Å²) >= 11 is 1.49. The highest BCUT2D eigenvalue weighted by Gasteiger charge is 2.21. The van der Waals surface area contributed by atoms with Gasteiger partial charge in [-0.2, -0.15) is 4.98 Å². The Kier molecular flexibility index (Phi) is 5.66. The van der Waals surface area contributed by atoms with E-state index in [1.165, 1.54) is 11.8 Å². The molecular weight excluding hydrogens is 388 g/mol. The lowest BCUT2D eigenvalue weighted by atomic mass is 10.2. The van der Waals surface area contributed by atoms with E-state index in [1.54, 1.807) is 4.57 Å². The Labute approximate surface area is 172 Å². The minimum absolute atomic E-state index is 0.0225. The fourth-order valence-corrected chi connectivity index (χ4v) is 4.20. The van der Waals surface area contributed by atoms with E-state index in [9.17, 15) is 4.79 Å². The summed E-state index contributed by atoms with van der Waals surface area (Å²) in [5.74, 6) is 1.82. The Morgan fingerprint density at radius 1 is 1.17 bits per heavy atom. The predicted octanol–water partition coefficient (Wildman–Crippen LogP) is 4.03. The molecule has 0 bridgehead atoms. The number of rotatable bonds is 8. The Morgan fingerprint density at radius 2 is 2.00 bits per heavy atom. The van der Waals surface area contributed by atoms with Crippen molar-refractivity contribution in [1.29, 1.82) is 0 Å². The molecule has 1 aromatic carbocycles. The highest BCUT2D eigenvalue weighted by Crippen LogP contribution is 2.34. The van der Waals surface area contributed by atoms with E-state index in [-0.39, 0.29) is 10.8 Å². The monoisotopic (exact) mass is 412 g/mol. The van der Waals surface area contributed by atoms with Crippen LogP contribution < -0.4 is 5.56 Å². The van der Waals surface area contributed by atoms with E-state index >= 15 is 0 Å². The minimum atomic E-state index is -0.0885. The van der Waals surface area contributed by atoms with E-state index in [0.29, 0.717) is 34.6 Å². The van der Waals surface area contributed by atoms with Gasteiger partial charge in [-0.1, -0.05) is 55.7 Å². The third-order valence-corrected chi connectivity index (χ3v) is 5.92. The van der Waals surface area contributed by atoms with Crippen molar-refractivity contribution in [2.24, 2.45) is 0 Å². The second kappa shape index (κ2) is 8.36. The number of hydrogen-bond acceptors (Lipinski definition) is 7. The topological polar surface area (TPSA) is 91.1 Å². The van der Waals surface area contributed by atoms with E-state index in [4.69, 9.17) is 4.52 Å². The van der Waals surface area contributed by atoms with Crippen molar-refractivity contribution in [3.63, 3.8) is 0 Å². The fourth-order valence-electron chi connectivity index (χ4n) is 3.32. The minimum Gasteiger partial charge on any atom is -0.338 e. The summed E-state index contributed by atoms with van der Waals surface area (Å²) in [5, 5.41) is 14.0. The molecule has 4 rings (SSSR count). The molecule has 3 heterocycles. The van der Waals surface area contributed by atoms with E-state index in [0.717, 1.165) is 31.2 Å². The maximum atomic E-state index is 13.1. The van der Waals surface area contributed by atoms with Crippen LogP contribution in [0.15, 0.2) is 38.7 Å². The second-order valence-corrected chi connectivity index (χ2v) is 8.27. The zero-order valence-corrected chi connectivity index (χ0v) is 17.6. The van der Waals surface area contributed by atoms with Crippen LogP contribution in [0.25, 0.3) is 16.7 Å². The van der Waals surface area contributed by atoms with Crippen LogP contribution in [0.2, 0.25) is 0 Å². The molecule has 0 saturated carbocycles. The van der Waals surface area contributed by atoms with Gasteiger partial charge in [-0.05, 0) is 25.5 Å². The summed E-state index contributed by atoms with van der Waals surface area (Å²) in [6.45, 7) is 6.76. The summed E-state index contributed by atoms with van der Waals surface area (Å²) < 4.78 is 9.08. The molecule has 0 aliphatic carbocycles. The first-order valence-electron chi connectivity index (χ1n) is 9.99. The van der Waals surface area contributed by atoms with Crippen LogP contribution in [0.5, 0.6) is 0 Å². The zero-order chi connectivity index (χ0) is 20.4. The molecule has 0 saturated heterocycles. The van der Waals surface area contributed by atoms with Crippen LogP contribution in [0, 0.1) is 0 Å². The third kappa shape index (κ3) is 3.66. The number of para-hydroxylation sites is 1. The largest absolute Gasteiger partial charge is 0.338 e. The number of aromatic nitrogens is 6. The van der Waals surface area contributed by atoms with Crippen LogP contribution >= 0.6 is 11.8 Å². The van der Waals surface area contributed by atoms with Gasteiger partial charge in [0, 0.05) is 13.0 Å². The normalized spacial score (nSPS) is 12.8. The predicted molar refractivity (Wildman–Crippen MR) is 112 cm³/mol. The molecule has 0 aliphatic heterocycles. The highest BCUT2D eigenvalue weighted by atomic mass is 32.2. The van der Waals surface area contributed by atoms with Crippen molar-refractivity contribution in [1.82, 2.24) is 29.3 Å². The summed E-state index contributed by atoms with van der Waals surface area (Å²) in [7, 11) is 0. The number of fused-ring (bicyclic) bond motifs is 3. The van der Waals surface area contributed by atoms with Gasteiger partial charge in [-0.25, -0.2) is 0 Å². The number of thioether (sulfide) groups is 1. The smallest absolute Gasteiger partial charge is 0.262 e. The zero-order valence-electron chi connectivity index (χ0n) is 16.8. The lowest BCUT2D eigenvalue weighted by Crippen LogP contribution is -2.23. The summed E-state index contributed by atoms with van der Waals surface area (Å²) in [6, 6.07) is 7.60. The number of benzene rings is 1. The number of hydrogen-bond donors (Lipinski definition) is 0. The SMILES string of the molecule is CCCCCn1c(=O)c2ccccc2n2c(SC(C)c3nc(CC)no3)nnc12. The van der Waals surface area contributed by atoms with Crippen LogP contribution in [0.3, 0.4) is 0 Å². The Morgan fingerprint density at radius 3 is 2.76 bits per heavy atom. The van der Waals surface area contributed by atoms with Crippen molar-refractivity contribution in [3.8, 4) is 0 Å². The maximum absolute atomic E-state index is 13.1. The molecule has 8 nitrogen and oxygen atoms in total. The Bertz CT molecular complexity index is 1190. The second-order valence-electron chi connectivity index (χ2n) is 6.96. The Balaban J connectivity index is 1.80. The average molecular weight is 413 g/mol. The number of aryl methyl sites for hydroxylation is 2. The molecule has 0 radical (unpaired) electrons. The van der Waals surface area contributed by atoms with E-state index in [1.807, 2.05) is 42.5 Å². The molecular formula is C20H24N6O2S. The van der Waals surface area contributed by atoms with Gasteiger partial charge in [-0.3, -0.25) is 13.8 Å². The number of unbranched alkanes of at least 4 members (excludes halogenated alkanes) is 2. The molecule has 9 heteroatoms. The van der Waals surface area contributed by atoms with Gasteiger partial charge in [0.1, 0.15) is 0 Å². The van der Waals surface area contributed by atoms with Crippen molar-refractivity contribution in [3.05, 3.63) is 46.3 Å². The standard InChI is InChI=1S/C20H24N6O2S/c1-4-6-9-12-25-18(27)14-10-7-8-11-15(14)26-19(25)22-23-20(26)29-13(3)17-21-16(5-2)24-28-17/h7-8,10-11,13H,4-6,9,12H2,1-3H3. The van der Waals surface area contributed by atoms with Crippen molar-refractivity contribution < 1.29 is 4.52 Å². The van der Waals surface area contributed by atoms with Crippen molar-refractivity contribution in [2.45, 2.75) is 63.4 Å². The molecule has 0 N–H and O–H groups in total. The summed E-state index contributed by atoms with van der Waals surface area (Å²) in [5.41, 5.74) is 0.782. The lowest BCUT2D eigenvalue weighted by Gasteiger charge is -2.11. The van der Waals surface area contributed by atoms with Gasteiger partial charge in [0.2, 0.25) is 11.7 Å². The van der Waals surface area contributed by atoms with Gasteiger partial charge >= 0.3 is 0 Å². The quantitative estimate of drug-likeness (QED) is 0.319. The van der Waals surface area contributed by atoms with Gasteiger partial charge in [0.15, 0.2) is 11.0 Å². The first-order chi connectivity index (χ1) is 14.1. The Hall–Kier alpha value is -2.68. The van der Waals surface area contributed by atoms with E-state index < -0.39 is 0 Å². The molecule has 29 heavy (non-hydrogen) atoms. The highest BCUT2D eigenvalue weighted by molar-refractivity contribution is 7.99. The van der Waals surface area contributed by atoms with E-state index in [2.05, 4.69) is 27.3 Å². The first-order valence-corrected chi connectivity index (χ1v) is 10.9. The molecule has 3 aromatic heterocycles. The van der Waals surface area contributed by atoms with Crippen LogP contribution in [-0.4, -0.2) is 29.3 Å². The summed E-state index contributed by atoms with van der Waals surface area (Å²) in [4.78, 5) is 17.5. The fraction of sp³-hybridized carbons (Fsp3) is 0.450. The number of nitrogens with zero attached hydrogens (tertiary/aromatic N) is 6. The molecule has 0 fully saturated rings. The molecule has 4 aromatic rings. The average Bonchev–Trinajstić information content (AvgIpc) is 3.38. The van der Waals surface area contributed by atoms with Crippen LogP contribution in [0.4, 0.5) is 0 Å². The maximum Gasteiger partial charge on any atom is 0.262 e. The molecule has 0 spiro atoms. The lowest BCUT2D eigenvalue weighted by molar-refractivity contribution is 0.375. The van der Waals surface area contributed by atoms with Gasteiger partial charge < -0.3 is 4.52 Å². The van der Waals surface area contributed by atoms with Gasteiger partial charge in [0.05, 0.1) is 16.2 Å².